The summed E-state index contributed by atoms with van der Waals surface area (Å²) in [6.07, 6.45) is 0. The molecule has 4 heterocycles. The SMILES string of the molecule is c1ccc([Si]2(c3cccc(-c4nc(-n5c6ccccc6c6ccccc65)nc(-n5c6ccccc6c6ccccc65)n4)c3)Oc3ccccc3O2)cc1. The van der Waals surface area contributed by atoms with Crippen molar-refractivity contribution in [3.05, 3.63) is 176 Å². The molecular formula is C45H29N5O2Si. The molecule has 250 valence electrons. The van der Waals surface area contributed by atoms with E-state index in [1.165, 1.54) is 0 Å². The molecule has 0 spiro atoms. The van der Waals surface area contributed by atoms with Crippen LogP contribution in [0.25, 0.3) is 66.9 Å². The van der Waals surface area contributed by atoms with Crippen LogP contribution in [0.5, 0.6) is 11.5 Å². The van der Waals surface area contributed by atoms with E-state index in [1.807, 2.05) is 48.5 Å². The van der Waals surface area contributed by atoms with Gasteiger partial charge in [0.15, 0.2) is 5.82 Å². The summed E-state index contributed by atoms with van der Waals surface area (Å²) in [6, 6.07) is 60.1. The molecule has 0 bridgehead atoms. The molecule has 3 aromatic heterocycles. The zero-order valence-corrected chi connectivity index (χ0v) is 29.3. The van der Waals surface area contributed by atoms with Crippen molar-refractivity contribution in [2.75, 3.05) is 0 Å². The number of benzene rings is 7. The molecule has 0 fully saturated rings. The summed E-state index contributed by atoms with van der Waals surface area (Å²) >= 11 is 0. The van der Waals surface area contributed by atoms with Gasteiger partial charge in [-0.3, -0.25) is 9.13 Å². The molecule has 0 saturated carbocycles. The first-order chi connectivity index (χ1) is 26.2. The summed E-state index contributed by atoms with van der Waals surface area (Å²) in [7, 11) is -3.21. The first kappa shape index (κ1) is 29.7. The van der Waals surface area contributed by atoms with Crippen LogP contribution in [0, 0.1) is 0 Å². The monoisotopic (exact) mass is 699 g/mol. The van der Waals surface area contributed by atoms with E-state index in [2.05, 4.69) is 137 Å². The molecule has 11 rings (SSSR count). The summed E-state index contributed by atoms with van der Waals surface area (Å²) in [5, 5.41) is 6.51. The van der Waals surface area contributed by atoms with E-state index in [0.717, 1.165) is 71.0 Å². The van der Waals surface area contributed by atoms with Crippen molar-refractivity contribution < 1.29 is 8.85 Å². The Balaban J connectivity index is 1.18. The number of nitrogens with zero attached hydrogens (tertiary/aromatic N) is 5. The fourth-order valence-corrected chi connectivity index (χ4v) is 10.9. The Morgan fingerprint density at radius 2 is 0.792 bits per heavy atom. The number of hydrogen-bond donors (Lipinski definition) is 0. The van der Waals surface area contributed by atoms with Crippen molar-refractivity contribution in [1.29, 1.82) is 0 Å². The Hall–Kier alpha value is -7.03. The second kappa shape index (κ2) is 11.5. The molecule has 0 aliphatic carbocycles. The Morgan fingerprint density at radius 3 is 1.28 bits per heavy atom. The van der Waals surface area contributed by atoms with E-state index in [4.69, 9.17) is 23.8 Å². The summed E-state index contributed by atoms with van der Waals surface area (Å²) in [4.78, 5) is 15.9. The van der Waals surface area contributed by atoms with Crippen LogP contribution in [0.3, 0.4) is 0 Å². The molecule has 7 nitrogen and oxygen atoms in total. The van der Waals surface area contributed by atoms with E-state index in [-0.39, 0.29) is 0 Å². The summed E-state index contributed by atoms with van der Waals surface area (Å²) in [5.41, 5.74) is 4.92. The molecule has 0 N–H and O–H groups in total. The van der Waals surface area contributed by atoms with Crippen LogP contribution < -0.4 is 19.2 Å². The number of para-hydroxylation sites is 6. The molecule has 0 saturated heterocycles. The predicted octanol–water partition coefficient (Wildman–Crippen LogP) is 8.76. The van der Waals surface area contributed by atoms with Gasteiger partial charge in [0, 0.05) is 37.5 Å². The van der Waals surface area contributed by atoms with Gasteiger partial charge in [0.25, 0.3) is 0 Å². The number of rotatable bonds is 5. The highest BCUT2D eigenvalue weighted by Crippen LogP contribution is 2.38. The molecule has 10 aromatic rings. The standard InChI is InChI=1S/C45H29N5O2Si/c1-2-16-31(17-3-1)53(51-41-27-12-13-28-42(41)52-53)32-18-14-15-30(29-32)43-46-44(49-37-23-8-4-19-33(37)34-20-5-9-24-38(34)49)48-45(47-43)50-39-25-10-6-21-35(39)36-22-7-11-26-40(36)50/h1-29H. The maximum atomic E-state index is 6.87. The molecular weight excluding hydrogens is 671 g/mol. The molecule has 1 aliphatic rings. The minimum atomic E-state index is -3.21. The van der Waals surface area contributed by atoms with Crippen molar-refractivity contribution in [3.8, 4) is 34.8 Å². The zero-order chi connectivity index (χ0) is 34.9. The van der Waals surface area contributed by atoms with Crippen molar-refractivity contribution in [3.63, 3.8) is 0 Å². The second-order valence-electron chi connectivity index (χ2n) is 13.2. The van der Waals surface area contributed by atoms with Gasteiger partial charge in [-0.25, -0.2) is 0 Å². The summed E-state index contributed by atoms with van der Waals surface area (Å²) < 4.78 is 18.0. The average Bonchev–Trinajstić information content (AvgIpc) is 3.90. The minimum Gasteiger partial charge on any atom is -0.502 e. The van der Waals surface area contributed by atoms with Crippen LogP contribution in [0.4, 0.5) is 0 Å². The third-order valence-corrected chi connectivity index (χ3v) is 13.4. The van der Waals surface area contributed by atoms with Gasteiger partial charge in [-0.1, -0.05) is 133 Å². The fraction of sp³-hybridized carbons (Fsp3) is 0. The van der Waals surface area contributed by atoms with Gasteiger partial charge in [-0.2, -0.15) is 15.0 Å². The highest BCUT2D eigenvalue weighted by molar-refractivity contribution is 6.94. The third-order valence-electron chi connectivity index (χ3n) is 10.2. The lowest BCUT2D eigenvalue weighted by Gasteiger charge is -2.24. The first-order valence-corrected chi connectivity index (χ1v) is 19.4. The first-order valence-electron chi connectivity index (χ1n) is 17.6. The molecule has 53 heavy (non-hydrogen) atoms. The van der Waals surface area contributed by atoms with Crippen molar-refractivity contribution >= 4 is 62.5 Å². The van der Waals surface area contributed by atoms with E-state index in [0.29, 0.717) is 17.7 Å². The molecule has 0 radical (unpaired) electrons. The van der Waals surface area contributed by atoms with Gasteiger partial charge in [0.2, 0.25) is 11.9 Å². The fourth-order valence-electron chi connectivity index (χ4n) is 7.83. The van der Waals surface area contributed by atoms with E-state index in [9.17, 15) is 0 Å². The Bertz CT molecular complexity index is 2780. The van der Waals surface area contributed by atoms with Gasteiger partial charge >= 0.3 is 8.56 Å². The lowest BCUT2D eigenvalue weighted by molar-refractivity contribution is 0.494. The summed E-state index contributed by atoms with van der Waals surface area (Å²) in [6.45, 7) is 0. The maximum absolute atomic E-state index is 6.87. The topological polar surface area (TPSA) is 67.0 Å². The van der Waals surface area contributed by atoms with Gasteiger partial charge in [0.05, 0.1) is 22.1 Å². The van der Waals surface area contributed by atoms with Crippen molar-refractivity contribution in [2.45, 2.75) is 0 Å². The van der Waals surface area contributed by atoms with Crippen LogP contribution in [0.2, 0.25) is 0 Å². The highest BCUT2D eigenvalue weighted by Gasteiger charge is 2.52. The van der Waals surface area contributed by atoms with Gasteiger partial charge in [0.1, 0.15) is 11.5 Å². The third kappa shape index (κ3) is 4.49. The number of aromatic nitrogens is 5. The zero-order valence-electron chi connectivity index (χ0n) is 28.3. The van der Waals surface area contributed by atoms with Crippen LogP contribution in [-0.2, 0) is 0 Å². The smallest absolute Gasteiger partial charge is 0.502 e. The molecule has 8 heteroatoms. The minimum absolute atomic E-state index is 0.533. The lowest BCUT2D eigenvalue weighted by atomic mass is 10.2. The molecule has 0 atom stereocenters. The highest BCUT2D eigenvalue weighted by atomic mass is 28.4. The Morgan fingerprint density at radius 1 is 0.377 bits per heavy atom. The van der Waals surface area contributed by atoms with Crippen LogP contribution in [0.1, 0.15) is 0 Å². The van der Waals surface area contributed by atoms with Crippen LogP contribution in [-0.4, -0.2) is 32.6 Å². The lowest BCUT2D eigenvalue weighted by Crippen LogP contribution is -2.66. The van der Waals surface area contributed by atoms with Gasteiger partial charge < -0.3 is 8.85 Å². The average molecular weight is 700 g/mol. The van der Waals surface area contributed by atoms with Crippen LogP contribution >= 0.6 is 0 Å². The largest absolute Gasteiger partial charge is 0.531 e. The normalized spacial score (nSPS) is 13.4. The maximum Gasteiger partial charge on any atom is 0.531 e. The molecule has 7 aromatic carbocycles. The quantitative estimate of drug-likeness (QED) is 0.168. The van der Waals surface area contributed by atoms with E-state index in [1.54, 1.807) is 0 Å². The van der Waals surface area contributed by atoms with Crippen molar-refractivity contribution in [2.24, 2.45) is 0 Å². The summed E-state index contributed by atoms with van der Waals surface area (Å²) in [5.74, 6) is 3.10. The Labute approximate surface area is 305 Å². The van der Waals surface area contributed by atoms with Crippen LogP contribution in [0.15, 0.2) is 176 Å². The van der Waals surface area contributed by atoms with Crippen molar-refractivity contribution in [1.82, 2.24) is 24.1 Å². The second-order valence-corrected chi connectivity index (χ2v) is 16.0. The number of hydrogen-bond acceptors (Lipinski definition) is 5. The van der Waals surface area contributed by atoms with E-state index >= 15 is 0 Å². The molecule has 0 unspecified atom stereocenters. The van der Waals surface area contributed by atoms with Gasteiger partial charge in [-0.05, 0) is 42.5 Å². The van der Waals surface area contributed by atoms with Gasteiger partial charge in [-0.15, -0.1) is 0 Å². The number of fused-ring (bicyclic) bond motifs is 7. The molecule has 0 amide bonds. The predicted molar refractivity (Wildman–Crippen MR) is 213 cm³/mol. The Kier molecular flexibility index (Phi) is 6.43. The molecule has 1 aliphatic heterocycles. The van der Waals surface area contributed by atoms with E-state index < -0.39 is 8.56 Å².